The summed E-state index contributed by atoms with van der Waals surface area (Å²) >= 11 is 0.818. The van der Waals surface area contributed by atoms with Gasteiger partial charge in [-0.1, -0.05) is 116 Å². The number of aliphatic carboxylic acids is 1. The van der Waals surface area contributed by atoms with Crippen molar-refractivity contribution in [2.45, 2.75) is 267 Å². The molecule has 16 amide bonds. The summed E-state index contributed by atoms with van der Waals surface area (Å²) in [5.74, 6) is -18.9. The van der Waals surface area contributed by atoms with Crippen LogP contribution in [0.3, 0.4) is 0 Å². The van der Waals surface area contributed by atoms with Gasteiger partial charge in [0.1, 0.15) is 96.4 Å². The second-order valence-electron chi connectivity index (χ2n) is 35.9. The monoisotopic (exact) mass is 1870 g/mol. The number of aromatic hydroxyl groups is 1. The molecule has 16 atom stereocenters. The van der Waals surface area contributed by atoms with E-state index in [1.165, 1.54) is 68.0 Å². The standard InChI is InChI=1S/C91H129N19O22S/c1-11-13-23-69-83(125)98-61(34-48(3)4)79(121)103-67(77(94)119)46-133-47-74(114)96-64(36-51-27-29-53(111)30-28-51)86(128)105(8)50(7)78(120)100-65(39-73(93)113)87(129)109-33-19-26-70(109)84(126)102-66(41-92)81(123)101-63(35-49(5)6)88(130)110-43-54(112)38-72(110)85(127)99-62(37-52-42-95-59-22-17-15-20-55(52)59)80(122)97-60(31-32-75(115)116)82(124)104-91(90(132)107(10)71(24-14-12-2)89(131)106(69)9)40-58(91)57-44-108(45-76(117)118)68-25-18-16-21-56(57)68/h15-18,20-22,25,27-30,42,44,48-50,54,58,60-67,69-72,75,95,111-112,115-116H,11-14,19,23-24,26,31-41,43,45-47,92H2,1-10H3,(H2,93,113)(H2,94,119)(H,96,114)(H,97,122)(H,98,125)(H,99,127)(H,100,120)(H,101,123)(H,102,126)(H,103,121)(H,104,124)(H,117,118)/t50-,54+,58+,60-,61-,62-,63-,64-,65-,66-,67-,69-,70-,71-,72-,91?/m0/s1. The Morgan fingerprint density at radius 2 is 1.18 bits per heavy atom. The molecular weight excluding hydrogens is 1740 g/mol. The van der Waals surface area contributed by atoms with Crippen LogP contribution in [0.4, 0.5) is 0 Å². The number of phenolic OH excluding ortho intramolecular Hbond substituents is 1. The van der Waals surface area contributed by atoms with Gasteiger partial charge in [-0.15, -0.1) is 11.8 Å². The third-order valence-electron chi connectivity index (χ3n) is 24.9. The molecule has 133 heavy (non-hydrogen) atoms. The number of fused-ring (bicyclic) bond motifs is 4. The number of nitrogens with zero attached hydrogens (tertiary/aromatic N) is 6. The van der Waals surface area contributed by atoms with E-state index in [0.29, 0.717) is 64.2 Å². The lowest BCUT2D eigenvalue weighted by atomic mass is 9.99. The number of likely N-dealkylation sites (N-methyl/N-ethyl adjacent to an activating group) is 3. The number of carbonyl (C=O) groups is 17. The molecule has 4 aliphatic rings. The summed E-state index contributed by atoms with van der Waals surface area (Å²) in [6.45, 7) is 10.2. The number of H-pyrrole nitrogens is 1. The number of benzene rings is 3. The molecule has 726 valence electrons. The van der Waals surface area contributed by atoms with Crippen molar-refractivity contribution >= 4 is 134 Å². The Morgan fingerprint density at radius 3 is 1.82 bits per heavy atom. The van der Waals surface area contributed by atoms with Crippen LogP contribution in [0, 0.1) is 11.8 Å². The molecule has 9 rings (SSSR count). The molecule has 1 spiro atoms. The molecule has 0 radical (unpaired) electrons. The van der Waals surface area contributed by atoms with E-state index in [0.717, 1.165) is 31.4 Å². The van der Waals surface area contributed by atoms with E-state index >= 15 is 33.6 Å². The number of phenols is 1. The van der Waals surface area contributed by atoms with E-state index in [1.54, 1.807) is 82.4 Å². The number of aromatic nitrogens is 2. The lowest BCUT2D eigenvalue weighted by Crippen LogP contribution is -2.62. The Hall–Kier alpha value is -12.3. The van der Waals surface area contributed by atoms with E-state index in [9.17, 15) is 73.5 Å². The van der Waals surface area contributed by atoms with Crippen molar-refractivity contribution in [2.24, 2.45) is 29.0 Å². The average molecular weight is 1870 g/mol. The summed E-state index contributed by atoms with van der Waals surface area (Å²) in [5, 5.41) is 78.1. The summed E-state index contributed by atoms with van der Waals surface area (Å²) in [6.07, 6.45) is -1.88. The summed E-state index contributed by atoms with van der Waals surface area (Å²) < 4.78 is 1.45. The Labute approximate surface area is 774 Å². The topological polar surface area (TPSA) is 615 Å². The molecule has 1 saturated carbocycles. The summed E-state index contributed by atoms with van der Waals surface area (Å²) in [5.41, 5.74) is 18.0. The minimum absolute atomic E-state index is 0.0130. The van der Waals surface area contributed by atoms with Crippen LogP contribution < -0.4 is 65.1 Å². The van der Waals surface area contributed by atoms with E-state index in [-0.39, 0.29) is 87.7 Å². The number of nitrogens with one attached hydrogen (secondary N) is 10. The lowest BCUT2D eigenvalue weighted by molar-refractivity contribution is -0.150. The third kappa shape index (κ3) is 27.0. The first-order valence-electron chi connectivity index (χ1n) is 45.2. The van der Waals surface area contributed by atoms with Gasteiger partial charge in [-0.05, 0) is 111 Å². The fourth-order valence-corrected chi connectivity index (χ4v) is 18.3. The van der Waals surface area contributed by atoms with Gasteiger partial charge in [-0.25, -0.2) is 0 Å². The van der Waals surface area contributed by atoms with E-state index in [2.05, 4.69) is 52.8 Å². The first-order chi connectivity index (χ1) is 63.0. The highest BCUT2D eigenvalue weighted by Crippen LogP contribution is 2.55. The number of amides is 16. The van der Waals surface area contributed by atoms with Gasteiger partial charge in [0.15, 0.2) is 6.29 Å². The number of nitrogens with two attached hydrogens (primary N) is 3. The molecule has 5 heterocycles. The number of aliphatic hydroxyl groups excluding tert-OH is 2. The number of aromatic amines is 1. The van der Waals surface area contributed by atoms with Crippen LogP contribution in [0.2, 0.25) is 0 Å². The number of carbonyl (C=O) groups excluding carboxylic acids is 16. The number of rotatable bonds is 24. The van der Waals surface area contributed by atoms with Crippen molar-refractivity contribution in [1.29, 1.82) is 0 Å². The minimum Gasteiger partial charge on any atom is -0.508 e. The number of unbranched alkanes of at least 4 members (excludes halogenated alkanes) is 2. The number of primary amides is 2. The fourth-order valence-electron chi connectivity index (χ4n) is 17.5. The van der Waals surface area contributed by atoms with Crippen molar-refractivity contribution in [1.82, 2.24) is 81.9 Å². The van der Waals surface area contributed by atoms with Gasteiger partial charge < -0.3 is 125 Å². The third-order valence-corrected chi connectivity index (χ3v) is 25.9. The smallest absolute Gasteiger partial charge is 0.323 e. The Morgan fingerprint density at radius 1 is 0.594 bits per heavy atom. The van der Waals surface area contributed by atoms with Gasteiger partial charge in [0.2, 0.25) is 94.5 Å². The number of hydrogen-bond acceptors (Lipinski definition) is 23. The zero-order valence-electron chi connectivity index (χ0n) is 76.7. The predicted octanol–water partition coefficient (Wildman–Crippen LogP) is -1.30. The molecule has 1 unspecified atom stereocenters. The van der Waals surface area contributed by atoms with Crippen molar-refractivity contribution in [3.8, 4) is 5.75 Å². The van der Waals surface area contributed by atoms with Gasteiger partial charge in [0.25, 0.3) is 0 Å². The molecule has 3 aromatic carbocycles. The quantitative estimate of drug-likeness (QED) is 0.0319. The largest absolute Gasteiger partial charge is 0.508 e. The highest BCUT2D eigenvalue weighted by molar-refractivity contribution is 8.00. The van der Waals surface area contributed by atoms with Crippen LogP contribution in [0.5, 0.6) is 5.75 Å². The SMILES string of the molecule is CCCC[C@H]1C(=O)N[C@@H](CC(C)C)C(=O)N[C@H](C(N)=O)CSCC(=O)N[C@@H](Cc2ccc(O)cc2)C(=O)N(C)[C@@H](C)C(=O)N[C@@H](CC(N)=O)C(=O)N2CCC[C@H]2C(=O)N[C@@H](CN)C(=O)N[C@@H](CC(C)C)C(=O)N2C[C@H](O)C[C@H]2C(=O)N[C@@H](Cc2c[nH]c3ccccc23)C(=O)N[C@@H](CCC(O)O)C(=O)NC2(C[C@@H]2c2cn(CC(=O)O)c3ccccc23)C(=O)N(C)[C@@H](CCCC)C(=O)N1C. The Bertz CT molecular complexity index is 5060. The van der Waals surface area contributed by atoms with Gasteiger partial charge >= 0.3 is 5.97 Å². The van der Waals surface area contributed by atoms with Gasteiger partial charge in [0, 0.05) is 112 Å². The van der Waals surface area contributed by atoms with Crippen LogP contribution >= 0.6 is 11.8 Å². The van der Waals surface area contributed by atoms with Crippen molar-refractivity contribution < 1.29 is 107 Å². The molecule has 1 aliphatic carbocycles. The lowest BCUT2D eigenvalue weighted by Gasteiger charge is -2.37. The number of carboxylic acids is 1. The molecule has 0 bridgehead atoms. The van der Waals surface area contributed by atoms with Crippen LogP contribution in [0.1, 0.15) is 167 Å². The summed E-state index contributed by atoms with van der Waals surface area (Å²) in [6, 6.07) is -0.657. The van der Waals surface area contributed by atoms with Crippen LogP contribution in [-0.2, 0) is 101 Å². The second kappa shape index (κ2) is 47.4. The molecule has 3 saturated heterocycles. The number of aliphatic hydroxyl groups is 3. The zero-order valence-corrected chi connectivity index (χ0v) is 77.6. The summed E-state index contributed by atoms with van der Waals surface area (Å²) in [7, 11) is 3.94. The van der Waals surface area contributed by atoms with Crippen molar-refractivity contribution in [3.63, 3.8) is 0 Å². The van der Waals surface area contributed by atoms with Crippen molar-refractivity contribution in [2.75, 3.05) is 52.3 Å². The maximum absolute atomic E-state index is 16.3. The fraction of sp³-hybridized carbons (Fsp3) is 0.571. The molecule has 21 N–H and O–H groups in total. The summed E-state index contributed by atoms with van der Waals surface area (Å²) in [4.78, 5) is 258. The molecule has 5 aromatic rings. The first-order valence-corrected chi connectivity index (χ1v) is 46.3. The maximum Gasteiger partial charge on any atom is 0.323 e. The highest BCUT2D eigenvalue weighted by atomic mass is 32.2. The van der Waals surface area contributed by atoms with Crippen LogP contribution in [0.25, 0.3) is 21.8 Å². The molecule has 41 nitrogen and oxygen atoms in total. The number of para-hydroxylation sites is 2. The highest BCUT2D eigenvalue weighted by Gasteiger charge is 2.65. The van der Waals surface area contributed by atoms with Crippen LogP contribution in [0.15, 0.2) is 85.2 Å². The van der Waals surface area contributed by atoms with Crippen LogP contribution in [-0.4, -0.2) is 309 Å². The van der Waals surface area contributed by atoms with Gasteiger partial charge in [-0.2, -0.15) is 0 Å². The van der Waals surface area contributed by atoms with Gasteiger partial charge in [-0.3, -0.25) is 81.5 Å². The molecule has 3 aliphatic heterocycles. The second-order valence-corrected chi connectivity index (χ2v) is 36.9. The number of carboxylic acid groups (broad SMARTS) is 1. The number of thioether (sulfide) groups is 1. The van der Waals surface area contributed by atoms with E-state index in [4.69, 9.17) is 17.2 Å². The molecule has 4 fully saturated rings. The first kappa shape index (κ1) is 104. The Balaban J connectivity index is 1.11. The minimum atomic E-state index is -2.10. The number of hydrogen-bond donors (Lipinski definition) is 18. The van der Waals surface area contributed by atoms with E-state index < -0.39 is 254 Å². The predicted molar refractivity (Wildman–Crippen MR) is 488 cm³/mol. The van der Waals surface area contributed by atoms with Gasteiger partial charge in [0.05, 0.1) is 18.3 Å². The van der Waals surface area contributed by atoms with Crippen molar-refractivity contribution in [3.05, 3.63) is 102 Å². The van der Waals surface area contributed by atoms with E-state index in [1.807, 2.05) is 13.8 Å². The molecule has 2 aromatic heterocycles. The average Bonchev–Trinajstić information content (AvgIpc) is 1.54. The zero-order chi connectivity index (χ0) is 97.7. The normalized spacial score (nSPS) is 26.6. The molecular formula is C91H129N19O22S. The Kier molecular flexibility index (Phi) is 37.2. The maximum atomic E-state index is 16.3. The molecule has 42 heteroatoms.